The number of carbonyl (C=O) groups excluding carboxylic acids is 3. The topological polar surface area (TPSA) is 123 Å². The van der Waals surface area contributed by atoms with Crippen LogP contribution >= 0.6 is 27.7 Å². The van der Waals surface area contributed by atoms with Crippen molar-refractivity contribution in [3.63, 3.8) is 0 Å². The van der Waals surface area contributed by atoms with Crippen molar-refractivity contribution in [1.82, 2.24) is 10.1 Å². The maximum absolute atomic E-state index is 13.1. The van der Waals surface area contributed by atoms with Gasteiger partial charge in [0.25, 0.3) is 6.17 Å². The van der Waals surface area contributed by atoms with Crippen molar-refractivity contribution in [2.45, 2.75) is 32.1 Å². The highest BCUT2D eigenvalue weighted by atomic mass is 79.9. The van der Waals surface area contributed by atoms with Crippen LogP contribution in [-0.2, 0) is 14.4 Å². The first-order chi connectivity index (χ1) is 16.6. The van der Waals surface area contributed by atoms with Gasteiger partial charge in [-0.3, -0.25) is 24.2 Å². The molecule has 0 saturated carbocycles. The molecule has 0 radical (unpaired) electrons. The summed E-state index contributed by atoms with van der Waals surface area (Å²) in [5.41, 5.74) is 1.39. The number of hydrogen-bond acceptors (Lipinski definition) is 8. The van der Waals surface area contributed by atoms with Gasteiger partial charge in [0, 0.05) is 25.9 Å². The molecule has 1 aliphatic rings. The largest absolute Gasteiger partial charge is 0.423 e. The Balaban J connectivity index is 2.05. The number of aromatic amines is 1. The minimum absolute atomic E-state index is 0.0101. The van der Waals surface area contributed by atoms with Gasteiger partial charge in [-0.05, 0) is 51.1 Å². The van der Waals surface area contributed by atoms with Gasteiger partial charge in [-0.15, -0.1) is 0 Å². The van der Waals surface area contributed by atoms with Crippen LogP contribution in [0.3, 0.4) is 0 Å². The fourth-order valence-electron chi connectivity index (χ4n) is 3.92. The molecule has 0 saturated heterocycles. The number of esters is 2. The third-order valence-electron chi connectivity index (χ3n) is 5.12. The Bertz CT molecular complexity index is 1440. The summed E-state index contributed by atoms with van der Waals surface area (Å²) in [6, 6.07) is 10.1. The number of fused-ring (bicyclic) bond motifs is 3. The van der Waals surface area contributed by atoms with Gasteiger partial charge < -0.3 is 9.47 Å². The maximum atomic E-state index is 13.1. The van der Waals surface area contributed by atoms with Crippen LogP contribution in [0.4, 0.5) is 5.69 Å². The fraction of sp³-hybridized carbons (Fsp3) is 0.217. The van der Waals surface area contributed by atoms with E-state index in [0.29, 0.717) is 26.4 Å². The van der Waals surface area contributed by atoms with E-state index in [9.17, 15) is 19.2 Å². The Hall–Kier alpha value is -3.51. The zero-order chi connectivity index (χ0) is 25.4. The molecule has 0 spiro atoms. The van der Waals surface area contributed by atoms with E-state index in [1.165, 1.54) is 48.2 Å². The van der Waals surface area contributed by atoms with Crippen molar-refractivity contribution < 1.29 is 28.5 Å². The summed E-state index contributed by atoms with van der Waals surface area (Å²) in [5, 5.41) is 4.94. The fourth-order valence-corrected chi connectivity index (χ4v) is 4.82. The number of aromatic nitrogens is 3. The molecule has 1 N–H and O–H groups in total. The molecule has 0 fully saturated rings. The van der Waals surface area contributed by atoms with Crippen LogP contribution in [0, 0.1) is 0 Å². The molecule has 10 nitrogen and oxygen atoms in total. The van der Waals surface area contributed by atoms with E-state index < -0.39 is 18.1 Å². The van der Waals surface area contributed by atoms with Crippen LogP contribution in [0.15, 0.2) is 50.8 Å². The smallest absolute Gasteiger partial charge is 0.325 e. The molecule has 1 amide bonds. The Labute approximate surface area is 212 Å². The lowest BCUT2D eigenvalue weighted by Gasteiger charge is -2.31. The summed E-state index contributed by atoms with van der Waals surface area (Å²) in [5.74, 6) is -1.57. The number of amides is 1. The first kappa shape index (κ1) is 24.6. The monoisotopic (exact) mass is 559 g/mol. The lowest BCUT2D eigenvalue weighted by atomic mass is 10.0. The van der Waals surface area contributed by atoms with Crippen molar-refractivity contribution in [3.8, 4) is 22.8 Å². The number of anilines is 1. The zero-order valence-corrected chi connectivity index (χ0v) is 21.5. The summed E-state index contributed by atoms with van der Waals surface area (Å²) in [4.78, 5) is 53.8. The highest BCUT2D eigenvalue weighted by Crippen LogP contribution is 2.42. The molecule has 35 heavy (non-hydrogen) atoms. The molecule has 3 aromatic rings. The lowest BCUT2D eigenvalue weighted by Crippen LogP contribution is -2.60. The molecule has 1 atom stereocenters. The number of rotatable bonds is 4. The minimum Gasteiger partial charge on any atom is -0.423 e. The molecular formula is C23H20BrN4O6S+. The van der Waals surface area contributed by atoms with E-state index >= 15 is 0 Å². The molecule has 12 heteroatoms. The van der Waals surface area contributed by atoms with E-state index in [0.717, 1.165) is 0 Å². The van der Waals surface area contributed by atoms with Gasteiger partial charge in [0.15, 0.2) is 11.5 Å². The third-order valence-corrected chi connectivity index (χ3v) is 6.28. The molecule has 1 aliphatic heterocycles. The van der Waals surface area contributed by atoms with E-state index in [4.69, 9.17) is 9.47 Å². The van der Waals surface area contributed by atoms with Crippen LogP contribution < -0.4 is 24.6 Å². The standard InChI is InChI=1S/C23H19BrN4O6S/c1-11(29)27-17-8-6-5-7-15(17)19-21(32)25-23(35-4)26-28(19)22(27)14-9-16(24)20(34-13(3)31)18(10-14)33-12(2)30/h5-10,22H,1-4H3/p+1. The second-order valence-electron chi connectivity index (χ2n) is 7.55. The number of ether oxygens (including phenoxy) is 2. The van der Waals surface area contributed by atoms with Gasteiger partial charge in [0.1, 0.15) is 0 Å². The maximum Gasteiger partial charge on any atom is 0.325 e. The van der Waals surface area contributed by atoms with Crippen LogP contribution in [0.25, 0.3) is 11.3 Å². The van der Waals surface area contributed by atoms with Gasteiger partial charge >= 0.3 is 23.2 Å². The van der Waals surface area contributed by atoms with E-state index in [1.54, 1.807) is 36.6 Å². The van der Waals surface area contributed by atoms with Crippen molar-refractivity contribution in [2.75, 3.05) is 11.2 Å². The van der Waals surface area contributed by atoms with Gasteiger partial charge in [-0.25, -0.2) is 4.90 Å². The predicted octanol–water partition coefficient (Wildman–Crippen LogP) is 2.97. The average molecular weight is 560 g/mol. The van der Waals surface area contributed by atoms with Crippen molar-refractivity contribution in [3.05, 3.63) is 56.8 Å². The quantitative estimate of drug-likeness (QED) is 0.224. The zero-order valence-electron chi connectivity index (χ0n) is 19.1. The number of benzene rings is 2. The number of hydrogen-bond donors (Lipinski definition) is 1. The highest BCUT2D eigenvalue weighted by Gasteiger charge is 2.45. The molecule has 2 aromatic carbocycles. The molecular weight excluding hydrogens is 540 g/mol. The second-order valence-corrected chi connectivity index (χ2v) is 9.20. The number of H-pyrrole nitrogens is 1. The second kappa shape index (κ2) is 9.62. The highest BCUT2D eigenvalue weighted by molar-refractivity contribution is 9.10. The Morgan fingerprint density at radius 1 is 1.11 bits per heavy atom. The molecule has 0 aliphatic carbocycles. The van der Waals surface area contributed by atoms with E-state index in [2.05, 4.69) is 26.0 Å². The van der Waals surface area contributed by atoms with E-state index in [-0.39, 0.29) is 28.7 Å². The molecule has 2 heterocycles. The summed E-state index contributed by atoms with van der Waals surface area (Å²) in [6.07, 6.45) is 0.853. The van der Waals surface area contributed by atoms with Gasteiger partial charge in [-0.1, -0.05) is 23.9 Å². The van der Waals surface area contributed by atoms with Crippen LogP contribution in [0.2, 0.25) is 0 Å². The number of carbonyl (C=O) groups is 3. The molecule has 4 rings (SSSR count). The SMILES string of the molecule is CSc1n[n+]2c(c(=O)[nH]1)-c1ccccc1N(C(C)=O)C2c1cc(Br)c(OC(C)=O)c(OC(C)=O)c1. The van der Waals surface area contributed by atoms with Gasteiger partial charge in [0.05, 0.1) is 21.3 Å². The van der Waals surface area contributed by atoms with Crippen molar-refractivity contribution >= 4 is 51.2 Å². The number of halogens is 1. The minimum atomic E-state index is -0.914. The molecule has 0 bridgehead atoms. The van der Waals surface area contributed by atoms with Crippen LogP contribution in [0.1, 0.15) is 32.5 Å². The summed E-state index contributed by atoms with van der Waals surface area (Å²) >= 11 is 4.62. The summed E-state index contributed by atoms with van der Waals surface area (Å²) in [6.45, 7) is 3.85. The number of thioether (sulfide) groups is 1. The van der Waals surface area contributed by atoms with Gasteiger partial charge in [0.2, 0.25) is 11.1 Å². The van der Waals surface area contributed by atoms with E-state index in [1.807, 2.05) is 0 Å². The summed E-state index contributed by atoms with van der Waals surface area (Å²) in [7, 11) is 0. The number of nitrogens with zero attached hydrogens (tertiary/aromatic N) is 3. The Morgan fingerprint density at radius 2 is 1.80 bits per heavy atom. The number of nitrogens with one attached hydrogen (secondary N) is 1. The number of para-hydroxylation sites is 1. The Kier molecular flexibility index (Phi) is 6.77. The summed E-state index contributed by atoms with van der Waals surface area (Å²) < 4.78 is 12.4. The lowest BCUT2D eigenvalue weighted by molar-refractivity contribution is -0.763. The first-order valence-corrected chi connectivity index (χ1v) is 12.3. The normalized spacial score (nSPS) is 14.1. The molecule has 180 valence electrons. The molecule has 1 aromatic heterocycles. The first-order valence-electron chi connectivity index (χ1n) is 10.3. The third kappa shape index (κ3) is 4.58. The Morgan fingerprint density at radius 3 is 2.43 bits per heavy atom. The molecule has 1 unspecified atom stereocenters. The van der Waals surface area contributed by atoms with Crippen LogP contribution in [-0.4, -0.2) is 34.2 Å². The van der Waals surface area contributed by atoms with Crippen LogP contribution in [0.5, 0.6) is 11.5 Å². The average Bonchev–Trinajstić information content (AvgIpc) is 2.79. The van der Waals surface area contributed by atoms with Crippen molar-refractivity contribution in [1.29, 1.82) is 0 Å². The van der Waals surface area contributed by atoms with Gasteiger partial charge in [-0.2, -0.15) is 0 Å². The predicted molar refractivity (Wildman–Crippen MR) is 130 cm³/mol. The van der Waals surface area contributed by atoms with Crippen molar-refractivity contribution in [2.24, 2.45) is 0 Å².